The van der Waals surface area contributed by atoms with Crippen molar-refractivity contribution in [2.24, 2.45) is 7.05 Å². The van der Waals surface area contributed by atoms with Crippen LogP contribution in [0.3, 0.4) is 0 Å². The molecule has 0 unspecified atom stereocenters. The lowest BCUT2D eigenvalue weighted by atomic mass is 9.97. The molecule has 3 rings (SSSR count). The lowest BCUT2D eigenvalue weighted by molar-refractivity contribution is -0.136. The van der Waals surface area contributed by atoms with Crippen LogP contribution in [0.1, 0.15) is 17.7 Å². The molecule has 0 saturated carbocycles. The van der Waals surface area contributed by atoms with Crippen LogP contribution in [0.5, 0.6) is 0 Å². The second-order valence-corrected chi connectivity index (χ2v) is 5.15. The van der Waals surface area contributed by atoms with Gasteiger partial charge in [0.05, 0.1) is 12.1 Å². The Morgan fingerprint density at radius 1 is 1.43 bits per heavy atom. The Hall–Kier alpha value is -2.63. The van der Waals surface area contributed by atoms with Crippen molar-refractivity contribution in [1.82, 2.24) is 9.78 Å². The van der Waals surface area contributed by atoms with E-state index in [0.29, 0.717) is 18.5 Å². The molecule has 0 radical (unpaired) electrons. The number of aliphatic carboxylic acids is 1. The number of carboxylic acids is 1. The van der Waals surface area contributed by atoms with Gasteiger partial charge in [-0.05, 0) is 29.7 Å². The van der Waals surface area contributed by atoms with Crippen molar-refractivity contribution in [3.8, 4) is 11.1 Å². The van der Waals surface area contributed by atoms with Crippen molar-refractivity contribution in [3.05, 3.63) is 35.7 Å². The van der Waals surface area contributed by atoms with E-state index in [0.717, 1.165) is 22.4 Å². The highest BCUT2D eigenvalue weighted by atomic mass is 16.4. The van der Waals surface area contributed by atoms with Gasteiger partial charge >= 0.3 is 5.97 Å². The molecule has 1 aromatic carbocycles. The van der Waals surface area contributed by atoms with E-state index in [1.807, 2.05) is 24.4 Å². The predicted octanol–water partition coefficient (Wildman–Crippen LogP) is 1.60. The molecule has 2 N–H and O–H groups in total. The zero-order chi connectivity index (χ0) is 15.0. The Balaban J connectivity index is 2.01. The molecule has 0 fully saturated rings. The number of fused-ring (bicyclic) bond motifs is 1. The number of carboxylic acid groups (broad SMARTS) is 1. The van der Waals surface area contributed by atoms with Gasteiger partial charge in [0.2, 0.25) is 5.91 Å². The topological polar surface area (TPSA) is 84.2 Å². The number of hydrogen-bond donors (Lipinski definition) is 2. The normalized spacial score (nSPS) is 13.7. The summed E-state index contributed by atoms with van der Waals surface area (Å²) >= 11 is 0. The van der Waals surface area contributed by atoms with Crippen molar-refractivity contribution in [2.45, 2.75) is 19.3 Å². The van der Waals surface area contributed by atoms with Crippen LogP contribution in [0.15, 0.2) is 24.4 Å². The van der Waals surface area contributed by atoms with E-state index < -0.39 is 5.97 Å². The summed E-state index contributed by atoms with van der Waals surface area (Å²) in [5, 5.41) is 16.0. The van der Waals surface area contributed by atoms with Gasteiger partial charge in [0.15, 0.2) is 0 Å². The monoisotopic (exact) mass is 285 g/mol. The highest BCUT2D eigenvalue weighted by Crippen LogP contribution is 2.30. The number of nitrogens with one attached hydrogen (secondary N) is 1. The van der Waals surface area contributed by atoms with E-state index in [2.05, 4.69) is 10.4 Å². The third-order valence-electron chi connectivity index (χ3n) is 3.54. The zero-order valence-corrected chi connectivity index (χ0v) is 11.6. The first-order valence-corrected chi connectivity index (χ1v) is 6.70. The average Bonchev–Trinajstić information content (AvgIpc) is 2.78. The fourth-order valence-electron chi connectivity index (χ4n) is 2.60. The molecule has 0 saturated heterocycles. The fourth-order valence-corrected chi connectivity index (χ4v) is 2.60. The summed E-state index contributed by atoms with van der Waals surface area (Å²) in [5.41, 5.74) is 4.19. The molecule has 21 heavy (non-hydrogen) atoms. The molecule has 1 aromatic heterocycles. The quantitative estimate of drug-likeness (QED) is 0.897. The smallest absolute Gasteiger partial charge is 0.309 e. The van der Waals surface area contributed by atoms with Crippen molar-refractivity contribution in [3.63, 3.8) is 0 Å². The van der Waals surface area contributed by atoms with Gasteiger partial charge in [-0.3, -0.25) is 14.3 Å². The molecule has 2 aromatic rings. The third kappa shape index (κ3) is 2.65. The molecule has 1 amide bonds. The Bertz CT molecular complexity index is 734. The number of aromatic nitrogens is 2. The summed E-state index contributed by atoms with van der Waals surface area (Å²) in [6.45, 7) is 0. The van der Waals surface area contributed by atoms with E-state index in [9.17, 15) is 9.59 Å². The van der Waals surface area contributed by atoms with Crippen molar-refractivity contribution in [1.29, 1.82) is 0 Å². The van der Waals surface area contributed by atoms with Crippen LogP contribution in [0.4, 0.5) is 5.69 Å². The molecule has 108 valence electrons. The maximum Gasteiger partial charge on any atom is 0.309 e. The molecule has 1 aliphatic rings. The highest BCUT2D eigenvalue weighted by molar-refractivity contribution is 5.94. The standard InChI is InChI=1S/C15H15N3O3/c1-18-8-11(13(17-18)7-15(20)21)9-2-4-12-10(6-9)3-5-14(19)16-12/h2,4,6,8H,3,5,7H2,1H3,(H,16,19)(H,20,21). The molecule has 0 bridgehead atoms. The number of aryl methyl sites for hydroxylation is 2. The third-order valence-corrected chi connectivity index (χ3v) is 3.54. The maximum absolute atomic E-state index is 11.4. The Labute approximate surface area is 121 Å². The van der Waals surface area contributed by atoms with Gasteiger partial charge < -0.3 is 10.4 Å². The molecular weight excluding hydrogens is 270 g/mol. The minimum absolute atomic E-state index is 0.0307. The number of nitrogens with zero attached hydrogens (tertiary/aromatic N) is 2. The predicted molar refractivity (Wildman–Crippen MR) is 76.9 cm³/mol. The van der Waals surface area contributed by atoms with Gasteiger partial charge in [-0.15, -0.1) is 0 Å². The van der Waals surface area contributed by atoms with Crippen molar-refractivity contribution >= 4 is 17.6 Å². The van der Waals surface area contributed by atoms with Crippen molar-refractivity contribution in [2.75, 3.05) is 5.32 Å². The summed E-state index contributed by atoms with van der Waals surface area (Å²) in [4.78, 5) is 22.3. The number of carbonyl (C=O) groups is 2. The van der Waals surface area contributed by atoms with Gasteiger partial charge in [-0.25, -0.2) is 0 Å². The lowest BCUT2D eigenvalue weighted by Crippen LogP contribution is -2.18. The molecule has 6 nitrogen and oxygen atoms in total. The van der Waals surface area contributed by atoms with Crippen LogP contribution >= 0.6 is 0 Å². The molecule has 6 heteroatoms. The Kier molecular flexibility index (Phi) is 3.21. The number of benzene rings is 1. The average molecular weight is 285 g/mol. The summed E-state index contributed by atoms with van der Waals surface area (Å²) in [6.07, 6.45) is 2.89. The van der Waals surface area contributed by atoms with E-state index in [4.69, 9.17) is 5.11 Å². The number of rotatable bonds is 3. The number of anilines is 1. The second-order valence-electron chi connectivity index (χ2n) is 5.15. The number of carbonyl (C=O) groups excluding carboxylic acids is 1. The molecule has 1 aliphatic heterocycles. The first-order chi connectivity index (χ1) is 10.0. The van der Waals surface area contributed by atoms with Gasteiger partial charge in [-0.1, -0.05) is 6.07 Å². The minimum Gasteiger partial charge on any atom is -0.481 e. The first-order valence-electron chi connectivity index (χ1n) is 6.70. The van der Waals surface area contributed by atoms with E-state index in [1.165, 1.54) is 0 Å². The zero-order valence-electron chi connectivity index (χ0n) is 11.6. The van der Waals surface area contributed by atoms with Crippen LogP contribution in [0.25, 0.3) is 11.1 Å². The Morgan fingerprint density at radius 3 is 3.00 bits per heavy atom. The van der Waals surface area contributed by atoms with Gasteiger partial charge in [-0.2, -0.15) is 5.10 Å². The first kappa shape index (κ1) is 13.4. The van der Waals surface area contributed by atoms with Crippen LogP contribution in [0.2, 0.25) is 0 Å². The highest BCUT2D eigenvalue weighted by Gasteiger charge is 2.18. The van der Waals surface area contributed by atoms with Crippen LogP contribution in [-0.2, 0) is 29.5 Å². The van der Waals surface area contributed by atoms with Crippen LogP contribution in [-0.4, -0.2) is 26.8 Å². The van der Waals surface area contributed by atoms with E-state index in [1.54, 1.807) is 11.7 Å². The van der Waals surface area contributed by atoms with Crippen LogP contribution < -0.4 is 5.32 Å². The Morgan fingerprint density at radius 2 is 2.24 bits per heavy atom. The summed E-state index contributed by atoms with van der Waals surface area (Å²) in [7, 11) is 1.77. The summed E-state index contributed by atoms with van der Waals surface area (Å²) < 4.78 is 1.62. The largest absolute Gasteiger partial charge is 0.481 e. The summed E-state index contributed by atoms with van der Waals surface area (Å²) in [6, 6.07) is 5.74. The fraction of sp³-hybridized carbons (Fsp3) is 0.267. The van der Waals surface area contributed by atoms with Crippen LogP contribution in [0, 0.1) is 0 Å². The van der Waals surface area contributed by atoms with Gasteiger partial charge in [0.1, 0.15) is 0 Å². The second kappa shape index (κ2) is 5.05. The maximum atomic E-state index is 11.4. The SMILES string of the molecule is Cn1cc(-c2ccc3c(c2)CCC(=O)N3)c(CC(=O)O)n1. The summed E-state index contributed by atoms with van der Waals surface area (Å²) in [5.74, 6) is -0.872. The number of amides is 1. The van der Waals surface area contributed by atoms with Crippen molar-refractivity contribution < 1.29 is 14.7 Å². The molecule has 2 heterocycles. The van der Waals surface area contributed by atoms with Gasteiger partial charge in [0.25, 0.3) is 0 Å². The molecule has 0 aliphatic carbocycles. The van der Waals surface area contributed by atoms with Gasteiger partial charge in [0, 0.05) is 30.9 Å². The number of hydrogen-bond acceptors (Lipinski definition) is 3. The lowest BCUT2D eigenvalue weighted by Gasteiger charge is -2.17. The van der Waals surface area contributed by atoms with E-state index in [-0.39, 0.29) is 12.3 Å². The minimum atomic E-state index is -0.903. The molecular formula is C15H15N3O3. The van der Waals surface area contributed by atoms with E-state index >= 15 is 0 Å². The molecule has 0 spiro atoms. The molecule has 0 atom stereocenters.